The minimum absolute atomic E-state index is 0.00958. The Balaban J connectivity index is 2.73. The molecule has 5 nitrogen and oxygen atoms in total. The molecule has 2 N–H and O–H groups in total. The van der Waals surface area contributed by atoms with Gasteiger partial charge in [0, 0.05) is 19.3 Å². The molecular weight excluding hydrogens is 289 g/mol. The van der Waals surface area contributed by atoms with Crippen LogP contribution >= 0.6 is 0 Å². The van der Waals surface area contributed by atoms with Crippen LogP contribution in [0.3, 0.4) is 0 Å². The number of nitrogens with one attached hydrogen (secondary N) is 1. The molecule has 0 aliphatic rings. The molecule has 0 bridgehead atoms. The van der Waals surface area contributed by atoms with Crippen molar-refractivity contribution < 1.29 is 27.9 Å². The van der Waals surface area contributed by atoms with Gasteiger partial charge in [-0.1, -0.05) is 13.0 Å². The van der Waals surface area contributed by atoms with Crippen LogP contribution in [0.4, 0.5) is 23.7 Å². The van der Waals surface area contributed by atoms with Crippen molar-refractivity contribution in [2.45, 2.75) is 13.1 Å². The molecule has 2 amide bonds. The fourth-order valence-corrected chi connectivity index (χ4v) is 1.56. The predicted molar refractivity (Wildman–Crippen MR) is 69.9 cm³/mol. The van der Waals surface area contributed by atoms with E-state index in [1.165, 1.54) is 26.1 Å². The summed E-state index contributed by atoms with van der Waals surface area (Å²) in [5.74, 6) is -1.84. The van der Waals surface area contributed by atoms with Crippen LogP contribution in [-0.2, 0) is 11.0 Å². The fourth-order valence-electron chi connectivity index (χ4n) is 1.56. The molecule has 0 aliphatic carbocycles. The number of halogens is 3. The Hall–Kier alpha value is -2.25. The Labute approximate surface area is 119 Å². The number of carbonyl (C=O) groups excluding carboxylic acids is 1. The third-order valence-corrected chi connectivity index (χ3v) is 2.76. The van der Waals surface area contributed by atoms with Crippen LogP contribution in [0.5, 0.6) is 0 Å². The lowest BCUT2D eigenvalue weighted by Gasteiger charge is -2.20. The molecule has 8 heteroatoms. The third kappa shape index (κ3) is 4.97. The summed E-state index contributed by atoms with van der Waals surface area (Å²) in [6, 6.07) is 3.53. The molecular formula is C13H15F3N2O3. The first kappa shape index (κ1) is 16.8. The van der Waals surface area contributed by atoms with E-state index >= 15 is 0 Å². The number of benzene rings is 1. The van der Waals surface area contributed by atoms with Gasteiger partial charge < -0.3 is 15.3 Å². The minimum atomic E-state index is -4.50. The summed E-state index contributed by atoms with van der Waals surface area (Å²) in [6.45, 7) is 1.37. The molecule has 1 aromatic rings. The lowest BCUT2D eigenvalue weighted by molar-refractivity contribution is -0.141. The molecule has 0 aromatic heterocycles. The zero-order chi connectivity index (χ0) is 16.2. The number of urea groups is 1. The predicted octanol–water partition coefficient (Wildman–Crippen LogP) is 2.89. The molecule has 0 aliphatic heterocycles. The Kier molecular flexibility index (Phi) is 5.17. The van der Waals surface area contributed by atoms with Gasteiger partial charge in [-0.05, 0) is 18.2 Å². The van der Waals surface area contributed by atoms with E-state index in [0.717, 1.165) is 17.0 Å². The SMILES string of the molecule is CC(CN(C)C(=O)Nc1cccc(C(F)(F)F)c1)C(=O)O. The smallest absolute Gasteiger partial charge is 0.416 e. The van der Waals surface area contributed by atoms with Crippen molar-refractivity contribution in [1.82, 2.24) is 4.90 Å². The molecule has 0 spiro atoms. The number of carbonyl (C=O) groups is 2. The van der Waals surface area contributed by atoms with Gasteiger partial charge >= 0.3 is 18.2 Å². The van der Waals surface area contributed by atoms with Crippen molar-refractivity contribution in [3.05, 3.63) is 29.8 Å². The van der Waals surface area contributed by atoms with E-state index < -0.39 is 29.7 Å². The summed E-state index contributed by atoms with van der Waals surface area (Å²) >= 11 is 0. The van der Waals surface area contributed by atoms with Crippen molar-refractivity contribution in [3.63, 3.8) is 0 Å². The van der Waals surface area contributed by atoms with Crippen LogP contribution in [0, 0.1) is 5.92 Å². The molecule has 0 fully saturated rings. The summed E-state index contributed by atoms with van der Waals surface area (Å²) in [7, 11) is 1.36. The highest BCUT2D eigenvalue weighted by molar-refractivity contribution is 5.89. The summed E-state index contributed by atoms with van der Waals surface area (Å²) in [5, 5.41) is 11.0. The van der Waals surface area contributed by atoms with Crippen molar-refractivity contribution >= 4 is 17.7 Å². The molecule has 0 radical (unpaired) electrons. The van der Waals surface area contributed by atoms with Crippen LogP contribution in [0.2, 0.25) is 0 Å². The number of hydrogen-bond donors (Lipinski definition) is 2. The van der Waals surface area contributed by atoms with Gasteiger partial charge in [0.25, 0.3) is 0 Å². The van der Waals surface area contributed by atoms with Crippen LogP contribution in [0.25, 0.3) is 0 Å². The molecule has 0 saturated carbocycles. The van der Waals surface area contributed by atoms with Gasteiger partial charge in [-0.2, -0.15) is 13.2 Å². The summed E-state index contributed by atoms with van der Waals surface area (Å²) < 4.78 is 37.6. The highest BCUT2D eigenvalue weighted by Crippen LogP contribution is 2.30. The number of carboxylic acids is 1. The quantitative estimate of drug-likeness (QED) is 0.898. The Morgan fingerprint density at radius 3 is 2.52 bits per heavy atom. The van der Waals surface area contributed by atoms with Gasteiger partial charge in [0.05, 0.1) is 11.5 Å². The Morgan fingerprint density at radius 2 is 2.00 bits per heavy atom. The standard InChI is InChI=1S/C13H15F3N2O3/c1-8(11(19)20)7-18(2)12(21)17-10-5-3-4-9(6-10)13(14,15)16/h3-6,8H,7H2,1-2H3,(H,17,21)(H,19,20). The van der Waals surface area contributed by atoms with Crippen molar-refractivity contribution in [2.24, 2.45) is 5.92 Å². The van der Waals surface area contributed by atoms with E-state index in [-0.39, 0.29) is 12.2 Å². The topological polar surface area (TPSA) is 69.6 Å². The zero-order valence-electron chi connectivity index (χ0n) is 11.4. The number of aliphatic carboxylic acids is 1. The molecule has 1 atom stereocenters. The van der Waals surface area contributed by atoms with E-state index in [1.807, 2.05) is 0 Å². The number of rotatable bonds is 4. The van der Waals surface area contributed by atoms with Gasteiger partial charge in [0.1, 0.15) is 0 Å². The lowest BCUT2D eigenvalue weighted by Crippen LogP contribution is -2.36. The highest BCUT2D eigenvalue weighted by Gasteiger charge is 2.30. The first-order valence-electron chi connectivity index (χ1n) is 6.03. The van der Waals surface area contributed by atoms with Gasteiger partial charge in [0.2, 0.25) is 0 Å². The summed E-state index contributed by atoms with van der Waals surface area (Å²) in [6.07, 6.45) is -4.50. The van der Waals surface area contributed by atoms with Crippen LogP contribution < -0.4 is 5.32 Å². The first-order chi connectivity index (χ1) is 9.61. The number of carboxylic acid groups (broad SMARTS) is 1. The molecule has 1 unspecified atom stereocenters. The summed E-state index contributed by atoms with van der Waals surface area (Å²) in [5.41, 5.74) is -0.883. The first-order valence-corrected chi connectivity index (χ1v) is 6.03. The molecule has 0 saturated heterocycles. The Bertz CT molecular complexity index is 532. The monoisotopic (exact) mass is 304 g/mol. The molecule has 1 aromatic carbocycles. The van der Waals surface area contributed by atoms with E-state index in [9.17, 15) is 22.8 Å². The number of anilines is 1. The van der Waals surface area contributed by atoms with Gasteiger partial charge in [-0.15, -0.1) is 0 Å². The maximum absolute atomic E-state index is 12.5. The fraction of sp³-hybridized carbons (Fsp3) is 0.385. The molecule has 116 valence electrons. The van der Waals surface area contributed by atoms with Crippen molar-refractivity contribution in [1.29, 1.82) is 0 Å². The maximum Gasteiger partial charge on any atom is 0.416 e. The minimum Gasteiger partial charge on any atom is -0.481 e. The molecule has 1 rings (SSSR count). The average Bonchev–Trinajstić information content (AvgIpc) is 2.37. The number of alkyl halides is 3. The van der Waals surface area contributed by atoms with Gasteiger partial charge in [-0.25, -0.2) is 4.79 Å². The third-order valence-electron chi connectivity index (χ3n) is 2.76. The number of amides is 2. The highest BCUT2D eigenvalue weighted by atomic mass is 19.4. The van der Waals surface area contributed by atoms with Crippen LogP contribution in [0.15, 0.2) is 24.3 Å². The van der Waals surface area contributed by atoms with Gasteiger partial charge in [0.15, 0.2) is 0 Å². The number of hydrogen-bond acceptors (Lipinski definition) is 2. The maximum atomic E-state index is 12.5. The van der Waals surface area contributed by atoms with E-state index in [2.05, 4.69) is 5.32 Å². The second-order valence-electron chi connectivity index (χ2n) is 4.63. The second-order valence-corrected chi connectivity index (χ2v) is 4.63. The van der Waals surface area contributed by atoms with Crippen LogP contribution in [0.1, 0.15) is 12.5 Å². The number of nitrogens with zero attached hydrogens (tertiary/aromatic N) is 1. The van der Waals surface area contributed by atoms with E-state index in [0.29, 0.717) is 0 Å². The summed E-state index contributed by atoms with van der Waals surface area (Å²) in [4.78, 5) is 23.6. The zero-order valence-corrected chi connectivity index (χ0v) is 11.4. The van der Waals surface area contributed by atoms with Crippen molar-refractivity contribution in [2.75, 3.05) is 18.9 Å². The average molecular weight is 304 g/mol. The van der Waals surface area contributed by atoms with Gasteiger partial charge in [-0.3, -0.25) is 4.79 Å². The normalized spacial score (nSPS) is 12.6. The molecule has 0 heterocycles. The lowest BCUT2D eigenvalue weighted by atomic mass is 10.2. The second kappa shape index (κ2) is 6.47. The molecule has 21 heavy (non-hydrogen) atoms. The van der Waals surface area contributed by atoms with Crippen molar-refractivity contribution in [3.8, 4) is 0 Å². The Morgan fingerprint density at radius 1 is 1.38 bits per heavy atom. The van der Waals surface area contributed by atoms with Crippen LogP contribution in [-0.4, -0.2) is 35.6 Å². The van der Waals surface area contributed by atoms with E-state index in [4.69, 9.17) is 5.11 Å². The largest absolute Gasteiger partial charge is 0.481 e. The van der Waals surface area contributed by atoms with E-state index in [1.54, 1.807) is 0 Å².